The maximum Gasteiger partial charge on any atom is 0.264 e. The van der Waals surface area contributed by atoms with E-state index in [0.29, 0.717) is 26.2 Å². The number of ketones is 1. The van der Waals surface area contributed by atoms with E-state index in [4.69, 9.17) is 11.6 Å². The summed E-state index contributed by atoms with van der Waals surface area (Å²) in [4.78, 5) is 29.6. The van der Waals surface area contributed by atoms with Crippen LogP contribution in [0.3, 0.4) is 0 Å². The summed E-state index contributed by atoms with van der Waals surface area (Å²) in [6.45, 7) is 1.88. The van der Waals surface area contributed by atoms with Crippen LogP contribution in [-0.4, -0.2) is 29.5 Å². The molecule has 0 bridgehead atoms. The fourth-order valence-electron chi connectivity index (χ4n) is 3.40. The van der Waals surface area contributed by atoms with E-state index < -0.39 is 21.4 Å². The molecule has 3 heterocycles. The molecule has 0 atom stereocenters. The summed E-state index contributed by atoms with van der Waals surface area (Å²) in [5, 5.41) is 10.5. The number of hydrogen-bond acceptors (Lipinski definition) is 7. The van der Waals surface area contributed by atoms with E-state index >= 15 is 0 Å². The van der Waals surface area contributed by atoms with Gasteiger partial charge in [-0.15, -0.1) is 11.3 Å². The van der Waals surface area contributed by atoms with E-state index in [2.05, 4.69) is 11.1 Å². The normalized spacial score (nSPS) is 11.4. The van der Waals surface area contributed by atoms with Gasteiger partial charge in [0, 0.05) is 29.6 Å². The predicted octanol–water partition coefficient (Wildman–Crippen LogP) is 3.87. The topological polar surface area (TPSA) is 110 Å². The van der Waals surface area contributed by atoms with Gasteiger partial charge in [0.1, 0.15) is 21.8 Å². The number of nitriles is 1. The summed E-state index contributed by atoms with van der Waals surface area (Å²) in [5.74, 6) is -0.837. The third kappa shape index (κ3) is 4.73. The first-order chi connectivity index (χ1) is 15.7. The van der Waals surface area contributed by atoms with Crippen molar-refractivity contribution < 1.29 is 13.2 Å². The van der Waals surface area contributed by atoms with Crippen LogP contribution in [0.4, 0.5) is 0 Å². The quantitative estimate of drug-likeness (QED) is 0.400. The molecule has 0 aliphatic heterocycles. The Morgan fingerprint density at radius 3 is 2.61 bits per heavy atom. The fourth-order valence-corrected chi connectivity index (χ4v) is 6.22. The molecule has 0 unspecified atom stereocenters. The summed E-state index contributed by atoms with van der Waals surface area (Å²) >= 11 is 6.69. The molecule has 7 nitrogen and oxygen atoms in total. The van der Waals surface area contributed by atoms with E-state index in [9.17, 15) is 23.3 Å². The first-order valence-electron chi connectivity index (χ1n) is 9.69. The number of carbonyl (C=O) groups is 1. The standard InChI is InChI=1S/C23H16ClN3O4S2/c1-14-2-4-18-19(8-14)16(10-25)12-27(23(18)29)21-6-3-15(11-26-21)9-17(28)13-33(30,31)22-7-5-20(24)32-22/h2-8,11-12H,9,13H2,1H3. The van der Waals surface area contributed by atoms with Crippen LogP contribution in [0.2, 0.25) is 4.34 Å². The Morgan fingerprint density at radius 1 is 1.18 bits per heavy atom. The minimum Gasteiger partial charge on any atom is -0.298 e. The minimum atomic E-state index is -3.76. The second-order valence-electron chi connectivity index (χ2n) is 7.44. The Labute approximate surface area is 198 Å². The molecule has 10 heteroatoms. The lowest BCUT2D eigenvalue weighted by Gasteiger charge is -2.09. The molecule has 33 heavy (non-hydrogen) atoms. The van der Waals surface area contributed by atoms with Crippen LogP contribution < -0.4 is 5.56 Å². The van der Waals surface area contributed by atoms with Crippen molar-refractivity contribution in [2.24, 2.45) is 0 Å². The zero-order valence-electron chi connectivity index (χ0n) is 17.3. The number of thiophene rings is 1. The Balaban J connectivity index is 1.58. The van der Waals surface area contributed by atoms with Gasteiger partial charge in [0.05, 0.1) is 9.90 Å². The number of benzene rings is 1. The van der Waals surface area contributed by atoms with E-state index in [1.165, 1.54) is 29.1 Å². The maximum atomic E-state index is 12.9. The molecule has 3 aromatic heterocycles. The Kier molecular flexibility index (Phi) is 6.17. The van der Waals surface area contributed by atoms with Crippen LogP contribution in [0.15, 0.2) is 63.9 Å². The molecule has 0 saturated carbocycles. The van der Waals surface area contributed by atoms with Gasteiger partial charge in [-0.05, 0) is 42.8 Å². The van der Waals surface area contributed by atoms with Crippen molar-refractivity contribution in [1.29, 1.82) is 5.26 Å². The summed E-state index contributed by atoms with van der Waals surface area (Å²) < 4.78 is 26.4. The van der Waals surface area contributed by atoms with Crippen molar-refractivity contribution in [2.45, 2.75) is 17.6 Å². The number of nitrogens with zero attached hydrogens (tertiary/aromatic N) is 3. The molecule has 166 valence electrons. The smallest absolute Gasteiger partial charge is 0.264 e. The molecular formula is C23H16ClN3O4S2. The average molecular weight is 498 g/mol. The Hall–Kier alpha value is -3.32. The largest absolute Gasteiger partial charge is 0.298 e. The van der Waals surface area contributed by atoms with Crippen LogP contribution in [0.5, 0.6) is 0 Å². The fraction of sp³-hybridized carbons (Fsp3) is 0.130. The highest BCUT2D eigenvalue weighted by Crippen LogP contribution is 2.26. The lowest BCUT2D eigenvalue weighted by atomic mass is 10.1. The number of Topliss-reactive ketones (excluding diaryl/α,β-unsaturated/α-hetero) is 1. The third-order valence-corrected chi connectivity index (χ3v) is 8.45. The number of halogens is 1. The van der Waals surface area contributed by atoms with Gasteiger partial charge >= 0.3 is 0 Å². The highest BCUT2D eigenvalue weighted by Gasteiger charge is 2.21. The number of aromatic nitrogens is 2. The number of rotatable bonds is 6. The summed E-state index contributed by atoms with van der Waals surface area (Å²) in [7, 11) is -3.76. The van der Waals surface area contributed by atoms with Gasteiger partial charge in [0.15, 0.2) is 15.6 Å². The molecular weight excluding hydrogens is 482 g/mol. The highest BCUT2D eigenvalue weighted by molar-refractivity contribution is 7.94. The lowest BCUT2D eigenvalue weighted by Crippen LogP contribution is -2.20. The highest BCUT2D eigenvalue weighted by atomic mass is 35.5. The summed E-state index contributed by atoms with van der Waals surface area (Å²) in [5.41, 5.74) is 1.47. The third-order valence-electron chi connectivity index (χ3n) is 4.96. The van der Waals surface area contributed by atoms with Crippen molar-refractivity contribution in [1.82, 2.24) is 9.55 Å². The van der Waals surface area contributed by atoms with Crippen LogP contribution in [0.25, 0.3) is 16.6 Å². The van der Waals surface area contributed by atoms with E-state index in [0.717, 1.165) is 16.9 Å². The van der Waals surface area contributed by atoms with Crippen LogP contribution in [0, 0.1) is 18.3 Å². The average Bonchev–Trinajstić information content (AvgIpc) is 3.22. The van der Waals surface area contributed by atoms with Gasteiger partial charge in [0.2, 0.25) is 0 Å². The first kappa shape index (κ1) is 22.9. The molecule has 0 saturated heterocycles. The van der Waals surface area contributed by atoms with Crippen molar-refractivity contribution in [3.05, 3.63) is 86.2 Å². The second kappa shape index (κ2) is 8.90. The zero-order chi connectivity index (χ0) is 23.8. The van der Waals surface area contributed by atoms with E-state index in [1.807, 2.05) is 6.92 Å². The van der Waals surface area contributed by atoms with Gasteiger partial charge in [0.25, 0.3) is 5.56 Å². The van der Waals surface area contributed by atoms with Crippen LogP contribution in [-0.2, 0) is 21.1 Å². The number of carbonyl (C=O) groups excluding carboxylic acids is 1. The molecule has 0 fully saturated rings. The van der Waals surface area contributed by atoms with Gasteiger partial charge < -0.3 is 0 Å². The SMILES string of the molecule is Cc1ccc2c(=O)n(-c3ccc(CC(=O)CS(=O)(=O)c4ccc(Cl)s4)cn3)cc(C#N)c2c1. The predicted molar refractivity (Wildman–Crippen MR) is 127 cm³/mol. The monoisotopic (exact) mass is 497 g/mol. The number of sulfone groups is 1. The van der Waals surface area contributed by atoms with Crippen molar-refractivity contribution in [3.8, 4) is 11.9 Å². The Morgan fingerprint density at radius 2 is 1.97 bits per heavy atom. The molecule has 4 rings (SSSR count). The molecule has 4 aromatic rings. The van der Waals surface area contributed by atoms with Crippen molar-refractivity contribution >= 4 is 49.3 Å². The van der Waals surface area contributed by atoms with Gasteiger partial charge in [-0.1, -0.05) is 29.3 Å². The van der Waals surface area contributed by atoms with Gasteiger partial charge in [-0.25, -0.2) is 13.4 Å². The molecule has 0 aliphatic carbocycles. The minimum absolute atomic E-state index is 0.0495. The zero-order valence-corrected chi connectivity index (χ0v) is 19.7. The Bertz CT molecular complexity index is 1600. The molecule has 0 spiro atoms. The molecule has 0 N–H and O–H groups in total. The summed E-state index contributed by atoms with van der Waals surface area (Å²) in [6.07, 6.45) is 2.73. The number of aryl methyl sites for hydroxylation is 1. The van der Waals surface area contributed by atoms with E-state index in [1.54, 1.807) is 30.3 Å². The van der Waals surface area contributed by atoms with Gasteiger partial charge in [-0.2, -0.15) is 5.26 Å². The van der Waals surface area contributed by atoms with Crippen LogP contribution >= 0.6 is 22.9 Å². The van der Waals surface area contributed by atoms with Crippen molar-refractivity contribution in [3.63, 3.8) is 0 Å². The summed E-state index contributed by atoms with van der Waals surface area (Å²) in [6, 6.07) is 13.4. The lowest BCUT2D eigenvalue weighted by molar-refractivity contribution is -0.116. The number of pyridine rings is 2. The van der Waals surface area contributed by atoms with E-state index in [-0.39, 0.29) is 22.0 Å². The maximum absolute atomic E-state index is 12.9. The number of fused-ring (bicyclic) bond motifs is 1. The number of hydrogen-bond donors (Lipinski definition) is 0. The van der Waals surface area contributed by atoms with Crippen molar-refractivity contribution in [2.75, 3.05) is 5.75 Å². The van der Waals surface area contributed by atoms with Gasteiger partial charge in [-0.3, -0.25) is 14.2 Å². The second-order valence-corrected chi connectivity index (χ2v) is 11.4. The molecule has 0 amide bonds. The molecule has 1 aromatic carbocycles. The molecule has 0 aliphatic rings. The first-order valence-corrected chi connectivity index (χ1v) is 12.5. The molecule has 0 radical (unpaired) electrons. The van der Waals surface area contributed by atoms with Crippen LogP contribution in [0.1, 0.15) is 16.7 Å².